The van der Waals surface area contributed by atoms with Crippen molar-refractivity contribution >= 4 is 40.3 Å². The molecular formula is C27H32ClF4N5O. The summed E-state index contributed by atoms with van der Waals surface area (Å²) in [6, 6.07) is 8.34. The molecule has 2 aromatic rings. The molecule has 11 heteroatoms. The van der Waals surface area contributed by atoms with Gasteiger partial charge in [-0.3, -0.25) is 4.79 Å². The van der Waals surface area contributed by atoms with Gasteiger partial charge in [-0.2, -0.15) is 13.2 Å². The zero-order valence-electron chi connectivity index (χ0n) is 21.6. The Labute approximate surface area is 224 Å². The number of hydrogen-bond acceptors (Lipinski definition) is 5. The van der Waals surface area contributed by atoms with Crippen LogP contribution in [0.1, 0.15) is 45.1 Å². The van der Waals surface area contributed by atoms with Crippen molar-refractivity contribution in [1.82, 2.24) is 5.32 Å². The molecule has 6 nitrogen and oxygen atoms in total. The van der Waals surface area contributed by atoms with Gasteiger partial charge in [-0.05, 0) is 54.9 Å². The molecule has 1 atom stereocenters. The monoisotopic (exact) mass is 553 g/mol. The molecule has 206 valence electrons. The van der Waals surface area contributed by atoms with E-state index in [1.807, 2.05) is 18.0 Å². The number of amides is 1. The van der Waals surface area contributed by atoms with Crippen LogP contribution in [0.2, 0.25) is 5.02 Å². The number of carbonyl (C=O) groups excluding carboxylic acids is 1. The second kappa shape index (κ2) is 9.39. The molecule has 1 saturated carbocycles. The summed E-state index contributed by atoms with van der Waals surface area (Å²) in [5, 5.41) is 9.37. The molecule has 0 spiro atoms. The molecule has 1 saturated heterocycles. The highest BCUT2D eigenvalue weighted by Gasteiger charge is 2.68. The maximum absolute atomic E-state index is 15.1. The molecule has 1 unspecified atom stereocenters. The number of rotatable bonds is 6. The number of anilines is 4. The average Bonchev–Trinajstić information content (AvgIpc) is 3.61. The van der Waals surface area contributed by atoms with Crippen molar-refractivity contribution in [3.05, 3.63) is 46.7 Å². The number of benzene rings is 2. The number of fused-ring (bicyclic) bond motifs is 1. The van der Waals surface area contributed by atoms with E-state index >= 15 is 4.39 Å². The summed E-state index contributed by atoms with van der Waals surface area (Å²) in [4.78, 5) is 16.3. The number of hydrogen-bond donors (Lipinski definition) is 3. The Balaban J connectivity index is 1.27. The minimum absolute atomic E-state index is 0.0577. The van der Waals surface area contributed by atoms with Gasteiger partial charge in [0.15, 0.2) is 6.29 Å². The van der Waals surface area contributed by atoms with Gasteiger partial charge >= 0.3 is 6.18 Å². The number of alkyl halides is 3. The fourth-order valence-corrected chi connectivity index (χ4v) is 5.30. The van der Waals surface area contributed by atoms with Crippen molar-refractivity contribution in [2.75, 3.05) is 40.6 Å². The van der Waals surface area contributed by atoms with Gasteiger partial charge in [0.05, 0.1) is 27.8 Å². The maximum Gasteiger partial charge on any atom is 0.403 e. The first-order valence-electron chi connectivity index (χ1n) is 12.8. The lowest BCUT2D eigenvalue weighted by Crippen LogP contribution is -2.41. The predicted molar refractivity (Wildman–Crippen MR) is 142 cm³/mol. The van der Waals surface area contributed by atoms with Gasteiger partial charge in [-0.15, -0.1) is 0 Å². The Morgan fingerprint density at radius 2 is 1.79 bits per heavy atom. The van der Waals surface area contributed by atoms with Crippen LogP contribution in [-0.2, 0) is 11.3 Å². The standard InChI is InChI=1S/C27H32ClF4N5O/c1-25(2)8-10-37(11-9-25)21-14-22-20(13-18(21)29)35-24(36(22)3)34-19-12-16(4-5-17(19)28)15-33-23(38)26(6-7-26)27(30,31)32/h4-5,12-14,24,34-35H,6-11,15H2,1-3H3,(H,33,38). The Hall–Kier alpha value is -2.88. The molecular weight excluding hydrogens is 522 g/mol. The minimum atomic E-state index is -4.55. The summed E-state index contributed by atoms with van der Waals surface area (Å²) in [5.41, 5.74) is 1.19. The van der Waals surface area contributed by atoms with Gasteiger partial charge in [0.1, 0.15) is 11.2 Å². The third-order valence-corrected chi connectivity index (χ3v) is 8.42. The number of piperidine rings is 1. The smallest absolute Gasteiger partial charge is 0.369 e. The topological polar surface area (TPSA) is 59.6 Å². The molecule has 2 aliphatic heterocycles. The average molecular weight is 554 g/mol. The zero-order valence-corrected chi connectivity index (χ0v) is 22.4. The van der Waals surface area contributed by atoms with Gasteiger partial charge in [-0.1, -0.05) is 31.5 Å². The van der Waals surface area contributed by atoms with Gasteiger partial charge in [-0.25, -0.2) is 4.39 Å². The highest BCUT2D eigenvalue weighted by atomic mass is 35.5. The van der Waals surface area contributed by atoms with Gasteiger partial charge < -0.3 is 25.8 Å². The van der Waals surface area contributed by atoms with Crippen molar-refractivity contribution in [2.45, 2.75) is 58.5 Å². The van der Waals surface area contributed by atoms with Gasteiger partial charge in [0.2, 0.25) is 5.91 Å². The van der Waals surface area contributed by atoms with Gasteiger partial charge in [0.25, 0.3) is 0 Å². The fourth-order valence-electron chi connectivity index (χ4n) is 5.13. The van der Waals surface area contributed by atoms with Crippen LogP contribution in [-0.4, -0.2) is 38.5 Å². The highest BCUT2D eigenvalue weighted by Crippen LogP contribution is 2.57. The first-order chi connectivity index (χ1) is 17.8. The summed E-state index contributed by atoms with van der Waals surface area (Å²) in [6.07, 6.45) is -3.38. The van der Waals surface area contributed by atoms with Crippen molar-refractivity contribution in [3.63, 3.8) is 0 Å². The Kier molecular flexibility index (Phi) is 6.60. The normalized spacial score (nSPS) is 21.5. The van der Waals surface area contributed by atoms with Gasteiger partial charge in [0, 0.05) is 32.7 Å². The van der Waals surface area contributed by atoms with Crippen LogP contribution < -0.4 is 25.8 Å². The molecule has 38 heavy (non-hydrogen) atoms. The van der Waals surface area contributed by atoms with E-state index in [0.29, 0.717) is 27.6 Å². The fraction of sp³-hybridized carbons (Fsp3) is 0.519. The molecule has 1 amide bonds. The van der Waals surface area contributed by atoms with Crippen molar-refractivity contribution < 1.29 is 22.4 Å². The summed E-state index contributed by atoms with van der Waals surface area (Å²) in [5.74, 6) is -1.29. The molecule has 1 aliphatic carbocycles. The van der Waals surface area contributed by atoms with E-state index in [-0.39, 0.29) is 30.6 Å². The van der Waals surface area contributed by atoms with Crippen molar-refractivity contribution in [2.24, 2.45) is 10.8 Å². The summed E-state index contributed by atoms with van der Waals surface area (Å²) >= 11 is 6.40. The van der Waals surface area contributed by atoms with Crippen LogP contribution in [0.25, 0.3) is 0 Å². The second-order valence-electron chi connectivity index (χ2n) is 11.4. The summed E-state index contributed by atoms with van der Waals surface area (Å²) in [7, 11) is 1.88. The lowest BCUT2D eigenvalue weighted by molar-refractivity contribution is -0.192. The molecule has 2 fully saturated rings. The van der Waals surface area contributed by atoms with E-state index < -0.39 is 23.8 Å². The first kappa shape index (κ1) is 26.7. The maximum atomic E-state index is 15.1. The molecule has 0 aromatic heterocycles. The molecule has 0 bridgehead atoms. The predicted octanol–water partition coefficient (Wildman–Crippen LogP) is 6.32. The molecule has 5 rings (SSSR count). The number of nitrogens with one attached hydrogen (secondary N) is 3. The van der Waals surface area contributed by atoms with E-state index in [1.165, 1.54) is 6.07 Å². The molecule has 0 radical (unpaired) electrons. The molecule has 2 heterocycles. The van der Waals surface area contributed by atoms with Crippen LogP contribution in [0, 0.1) is 16.6 Å². The lowest BCUT2D eigenvalue weighted by Gasteiger charge is -2.38. The minimum Gasteiger partial charge on any atom is -0.369 e. The first-order valence-corrected chi connectivity index (χ1v) is 13.2. The third kappa shape index (κ3) is 4.95. The number of carbonyl (C=O) groups is 1. The molecule has 3 aliphatic rings. The zero-order chi connectivity index (χ0) is 27.5. The Morgan fingerprint density at radius 3 is 2.42 bits per heavy atom. The highest BCUT2D eigenvalue weighted by molar-refractivity contribution is 6.33. The Bertz CT molecular complexity index is 1240. The van der Waals surface area contributed by atoms with E-state index in [9.17, 15) is 18.0 Å². The SMILES string of the molecule is CN1c2cc(N3CCC(C)(C)CC3)c(F)cc2NC1Nc1cc(CNC(=O)C2(C(F)(F)F)CC2)ccc1Cl. The van der Waals surface area contributed by atoms with E-state index in [0.717, 1.165) is 31.6 Å². The second-order valence-corrected chi connectivity index (χ2v) is 11.8. The largest absolute Gasteiger partial charge is 0.403 e. The van der Waals surface area contributed by atoms with Crippen LogP contribution >= 0.6 is 11.6 Å². The van der Waals surface area contributed by atoms with Crippen LogP contribution in [0.5, 0.6) is 0 Å². The van der Waals surface area contributed by atoms with Crippen molar-refractivity contribution in [1.29, 1.82) is 0 Å². The van der Waals surface area contributed by atoms with Crippen molar-refractivity contribution in [3.8, 4) is 0 Å². The molecule has 3 N–H and O–H groups in total. The number of halogens is 5. The lowest BCUT2D eigenvalue weighted by atomic mass is 9.82. The van der Waals surface area contributed by atoms with Crippen LogP contribution in [0.3, 0.4) is 0 Å². The quantitative estimate of drug-likeness (QED) is 0.365. The summed E-state index contributed by atoms with van der Waals surface area (Å²) < 4.78 is 54.8. The number of nitrogens with zero attached hydrogens (tertiary/aromatic N) is 2. The third-order valence-electron chi connectivity index (χ3n) is 8.09. The molecule has 2 aromatic carbocycles. The van der Waals surface area contributed by atoms with E-state index in [1.54, 1.807) is 18.2 Å². The Morgan fingerprint density at radius 1 is 1.11 bits per heavy atom. The summed E-state index contributed by atoms with van der Waals surface area (Å²) in [6.45, 7) is 6.00. The van der Waals surface area contributed by atoms with E-state index in [2.05, 4.69) is 34.7 Å². The van der Waals surface area contributed by atoms with E-state index in [4.69, 9.17) is 11.6 Å². The van der Waals surface area contributed by atoms with Crippen LogP contribution in [0.4, 0.5) is 40.3 Å². The van der Waals surface area contributed by atoms with Crippen LogP contribution in [0.15, 0.2) is 30.3 Å².